The van der Waals surface area contributed by atoms with Crippen molar-refractivity contribution in [2.45, 2.75) is 20.3 Å². The molecule has 2 rings (SSSR count). The van der Waals surface area contributed by atoms with E-state index in [1.54, 1.807) is 0 Å². The average molecular weight is 350 g/mol. The average Bonchev–Trinajstić information content (AvgIpc) is 2.34. The maximum Gasteiger partial charge on any atom is 0.167 e. The van der Waals surface area contributed by atoms with Crippen molar-refractivity contribution in [3.63, 3.8) is 0 Å². The molecule has 2 aromatic carbocycles. The third kappa shape index (κ3) is 2.99. The van der Waals surface area contributed by atoms with Crippen LogP contribution in [0.25, 0.3) is 0 Å². The second-order valence-electron chi connectivity index (χ2n) is 4.48. The zero-order valence-electron chi connectivity index (χ0n) is 10.5. The molecule has 2 aromatic rings. The van der Waals surface area contributed by atoms with Crippen LogP contribution in [-0.4, -0.2) is 5.78 Å². The Morgan fingerprint density at radius 3 is 2.11 bits per heavy atom. The van der Waals surface area contributed by atoms with E-state index in [0.717, 1.165) is 14.7 Å². The van der Waals surface area contributed by atoms with Crippen molar-refractivity contribution < 1.29 is 4.79 Å². The molecular weight excluding hydrogens is 335 g/mol. The highest BCUT2D eigenvalue weighted by Crippen LogP contribution is 2.17. The van der Waals surface area contributed by atoms with E-state index in [1.807, 2.05) is 30.3 Å². The first-order chi connectivity index (χ1) is 8.58. The Bertz CT molecular complexity index is 550. The van der Waals surface area contributed by atoms with Crippen LogP contribution in [-0.2, 0) is 6.42 Å². The van der Waals surface area contributed by atoms with Gasteiger partial charge in [0.2, 0.25) is 0 Å². The number of Topliss-reactive ketones (excluding diaryl/α,β-unsaturated/α-hetero) is 1. The molecule has 0 saturated heterocycles. The van der Waals surface area contributed by atoms with Crippen LogP contribution in [0.4, 0.5) is 0 Å². The minimum Gasteiger partial charge on any atom is -0.294 e. The van der Waals surface area contributed by atoms with Gasteiger partial charge in [0, 0.05) is 15.6 Å². The van der Waals surface area contributed by atoms with Crippen molar-refractivity contribution in [3.05, 3.63) is 68.3 Å². The maximum absolute atomic E-state index is 12.2. The summed E-state index contributed by atoms with van der Waals surface area (Å²) in [5.41, 5.74) is 4.32. The zero-order valence-corrected chi connectivity index (χ0v) is 12.7. The van der Waals surface area contributed by atoms with E-state index >= 15 is 0 Å². The third-order valence-corrected chi connectivity index (χ3v) is 3.87. The molecule has 92 valence electrons. The normalized spacial score (nSPS) is 10.4. The van der Waals surface area contributed by atoms with Crippen LogP contribution in [0.1, 0.15) is 27.0 Å². The van der Waals surface area contributed by atoms with Crippen LogP contribution < -0.4 is 0 Å². The number of carbonyl (C=O) groups is 1. The summed E-state index contributed by atoms with van der Waals surface area (Å²) in [5.74, 6) is 0.184. The van der Waals surface area contributed by atoms with E-state index in [2.05, 4.69) is 48.6 Å². The van der Waals surface area contributed by atoms with Gasteiger partial charge >= 0.3 is 0 Å². The van der Waals surface area contributed by atoms with Crippen molar-refractivity contribution >= 4 is 28.4 Å². The molecule has 1 nitrogen and oxygen atoms in total. The monoisotopic (exact) mass is 350 g/mol. The van der Waals surface area contributed by atoms with Crippen LogP contribution in [0.15, 0.2) is 42.5 Å². The van der Waals surface area contributed by atoms with Gasteiger partial charge in [0.1, 0.15) is 0 Å². The number of halogens is 1. The van der Waals surface area contributed by atoms with Gasteiger partial charge in [-0.2, -0.15) is 0 Å². The lowest BCUT2D eigenvalue weighted by atomic mass is 9.96. The number of hydrogen-bond acceptors (Lipinski definition) is 1. The van der Waals surface area contributed by atoms with Gasteiger partial charge in [0.15, 0.2) is 5.78 Å². The minimum absolute atomic E-state index is 0.184. The van der Waals surface area contributed by atoms with E-state index in [4.69, 9.17) is 0 Å². The molecule has 0 unspecified atom stereocenters. The Hall–Kier alpha value is -1.16. The fourth-order valence-electron chi connectivity index (χ4n) is 2.03. The highest BCUT2D eigenvalue weighted by molar-refractivity contribution is 14.1. The Morgan fingerprint density at radius 1 is 1.00 bits per heavy atom. The fourth-order valence-corrected chi connectivity index (χ4v) is 2.39. The summed E-state index contributed by atoms with van der Waals surface area (Å²) in [4.78, 5) is 12.2. The molecule has 0 saturated carbocycles. The van der Waals surface area contributed by atoms with Gasteiger partial charge in [0.25, 0.3) is 0 Å². The summed E-state index contributed by atoms with van der Waals surface area (Å²) in [6.45, 7) is 4.12. The molecule has 0 heterocycles. The zero-order chi connectivity index (χ0) is 13.1. The Labute approximate surface area is 121 Å². The molecule has 0 N–H and O–H groups in total. The number of benzene rings is 2. The van der Waals surface area contributed by atoms with E-state index in [-0.39, 0.29) is 5.78 Å². The molecule has 0 aliphatic carbocycles. The molecule has 0 aromatic heterocycles. The molecule has 0 radical (unpaired) electrons. The molecule has 0 fully saturated rings. The number of ketones is 1. The van der Waals surface area contributed by atoms with E-state index in [0.29, 0.717) is 6.42 Å². The van der Waals surface area contributed by atoms with Crippen molar-refractivity contribution in [1.29, 1.82) is 0 Å². The predicted molar refractivity (Wildman–Crippen MR) is 83.1 cm³/mol. The SMILES string of the molecule is Cc1cccc(C)c1CC(=O)c1ccc(I)cc1. The summed E-state index contributed by atoms with van der Waals surface area (Å²) in [7, 11) is 0. The highest BCUT2D eigenvalue weighted by atomic mass is 127. The largest absolute Gasteiger partial charge is 0.294 e. The molecule has 18 heavy (non-hydrogen) atoms. The van der Waals surface area contributed by atoms with Crippen LogP contribution >= 0.6 is 22.6 Å². The van der Waals surface area contributed by atoms with Gasteiger partial charge in [-0.05, 0) is 65.3 Å². The topological polar surface area (TPSA) is 17.1 Å². The highest BCUT2D eigenvalue weighted by Gasteiger charge is 2.10. The van der Waals surface area contributed by atoms with Crippen LogP contribution in [0.3, 0.4) is 0 Å². The van der Waals surface area contributed by atoms with Crippen molar-refractivity contribution in [1.82, 2.24) is 0 Å². The lowest BCUT2D eigenvalue weighted by Gasteiger charge is -2.09. The molecule has 0 amide bonds. The van der Waals surface area contributed by atoms with Gasteiger partial charge < -0.3 is 0 Å². The number of rotatable bonds is 3. The standard InChI is InChI=1S/C16H15IO/c1-11-4-3-5-12(2)15(11)10-16(18)13-6-8-14(17)9-7-13/h3-9H,10H2,1-2H3. The van der Waals surface area contributed by atoms with Crippen molar-refractivity contribution in [2.75, 3.05) is 0 Å². The summed E-state index contributed by atoms with van der Waals surface area (Å²) in [5, 5.41) is 0. The first kappa shape index (κ1) is 13.3. The first-order valence-corrected chi connectivity index (χ1v) is 6.99. The molecule has 0 aliphatic rings. The maximum atomic E-state index is 12.2. The Kier molecular flexibility index (Phi) is 4.17. The number of carbonyl (C=O) groups excluding carboxylic acids is 1. The Balaban J connectivity index is 2.24. The fraction of sp³-hybridized carbons (Fsp3) is 0.188. The molecular formula is C16H15IO. The first-order valence-electron chi connectivity index (χ1n) is 5.92. The minimum atomic E-state index is 0.184. The predicted octanol–water partition coefficient (Wildman–Crippen LogP) is 4.33. The van der Waals surface area contributed by atoms with Gasteiger partial charge in [-0.25, -0.2) is 0 Å². The lowest BCUT2D eigenvalue weighted by molar-refractivity contribution is 0.0992. The second kappa shape index (κ2) is 5.65. The van der Waals surface area contributed by atoms with Crippen LogP contribution in [0.5, 0.6) is 0 Å². The summed E-state index contributed by atoms with van der Waals surface area (Å²) in [6, 6.07) is 13.9. The quantitative estimate of drug-likeness (QED) is 0.595. The summed E-state index contributed by atoms with van der Waals surface area (Å²) in [6.07, 6.45) is 0.485. The van der Waals surface area contributed by atoms with Crippen LogP contribution in [0.2, 0.25) is 0 Å². The van der Waals surface area contributed by atoms with Gasteiger partial charge in [-0.3, -0.25) is 4.79 Å². The Morgan fingerprint density at radius 2 is 1.56 bits per heavy atom. The number of aryl methyl sites for hydroxylation is 2. The van der Waals surface area contributed by atoms with E-state index < -0.39 is 0 Å². The molecule has 0 atom stereocenters. The van der Waals surface area contributed by atoms with Crippen molar-refractivity contribution in [3.8, 4) is 0 Å². The van der Waals surface area contributed by atoms with Gasteiger partial charge in [0.05, 0.1) is 0 Å². The van der Waals surface area contributed by atoms with Gasteiger partial charge in [-0.15, -0.1) is 0 Å². The third-order valence-electron chi connectivity index (χ3n) is 3.15. The van der Waals surface area contributed by atoms with E-state index in [1.165, 1.54) is 11.1 Å². The van der Waals surface area contributed by atoms with Crippen molar-refractivity contribution in [2.24, 2.45) is 0 Å². The second-order valence-corrected chi connectivity index (χ2v) is 5.72. The summed E-state index contributed by atoms with van der Waals surface area (Å²) >= 11 is 2.24. The summed E-state index contributed by atoms with van der Waals surface area (Å²) < 4.78 is 1.15. The molecule has 2 heteroatoms. The molecule has 0 aliphatic heterocycles. The smallest absolute Gasteiger partial charge is 0.167 e. The number of hydrogen-bond donors (Lipinski definition) is 0. The van der Waals surface area contributed by atoms with Gasteiger partial charge in [-0.1, -0.05) is 30.3 Å². The van der Waals surface area contributed by atoms with Crippen LogP contribution in [0, 0.1) is 17.4 Å². The lowest BCUT2D eigenvalue weighted by Crippen LogP contribution is -2.06. The van der Waals surface area contributed by atoms with E-state index in [9.17, 15) is 4.79 Å². The molecule has 0 spiro atoms. The molecule has 0 bridgehead atoms.